The molecule has 0 rings (SSSR count). The molecule has 0 atom stereocenters. The molecule has 0 fully saturated rings. The van der Waals surface area contributed by atoms with Crippen molar-refractivity contribution in [3.05, 3.63) is 0 Å². The number of ether oxygens (including phenoxy) is 1. The molecule has 3 amide bonds. The van der Waals surface area contributed by atoms with Crippen molar-refractivity contribution in [2.24, 2.45) is 5.92 Å². The summed E-state index contributed by atoms with van der Waals surface area (Å²) in [7, 11) is 0. The summed E-state index contributed by atoms with van der Waals surface area (Å²) in [5.74, 6) is -0.136. The average molecular weight is 301 g/mol. The second kappa shape index (κ2) is 12.1. The van der Waals surface area contributed by atoms with Crippen molar-refractivity contribution >= 4 is 17.9 Å². The smallest absolute Gasteiger partial charge is 0.321 e. The zero-order valence-electron chi connectivity index (χ0n) is 13.2. The maximum absolute atomic E-state index is 11.4. The van der Waals surface area contributed by atoms with Gasteiger partial charge in [0.15, 0.2) is 0 Å². The van der Waals surface area contributed by atoms with Gasteiger partial charge in [0.2, 0.25) is 5.91 Å². The zero-order valence-corrected chi connectivity index (χ0v) is 13.2. The molecule has 122 valence electrons. The van der Waals surface area contributed by atoms with Gasteiger partial charge in [-0.1, -0.05) is 13.8 Å². The highest BCUT2D eigenvalue weighted by Crippen LogP contribution is 1.95. The van der Waals surface area contributed by atoms with E-state index in [0.29, 0.717) is 38.5 Å². The number of nitrogens with one attached hydrogen (secondary N) is 3. The van der Waals surface area contributed by atoms with Crippen molar-refractivity contribution in [3.8, 4) is 0 Å². The third-order valence-corrected chi connectivity index (χ3v) is 2.59. The van der Waals surface area contributed by atoms with Crippen LogP contribution in [0.2, 0.25) is 0 Å². The first-order valence-corrected chi connectivity index (χ1v) is 7.39. The Morgan fingerprint density at radius 1 is 1.14 bits per heavy atom. The number of urea groups is 1. The van der Waals surface area contributed by atoms with Crippen molar-refractivity contribution < 1.29 is 19.1 Å². The maximum Gasteiger partial charge on any atom is 0.321 e. The Morgan fingerprint density at radius 2 is 1.86 bits per heavy atom. The third-order valence-electron chi connectivity index (χ3n) is 2.59. The van der Waals surface area contributed by atoms with Crippen LogP contribution in [0.5, 0.6) is 0 Å². The van der Waals surface area contributed by atoms with E-state index in [1.165, 1.54) is 0 Å². The van der Waals surface area contributed by atoms with Crippen molar-refractivity contribution in [1.29, 1.82) is 0 Å². The predicted octanol–water partition coefficient (Wildman–Crippen LogP) is 0.791. The van der Waals surface area contributed by atoms with Gasteiger partial charge in [-0.15, -0.1) is 0 Å². The van der Waals surface area contributed by atoms with Crippen LogP contribution in [-0.4, -0.2) is 44.1 Å². The van der Waals surface area contributed by atoms with E-state index in [9.17, 15) is 14.4 Å². The Balaban J connectivity index is 3.53. The number of rotatable bonds is 10. The fourth-order valence-electron chi connectivity index (χ4n) is 1.48. The number of imide groups is 1. The van der Waals surface area contributed by atoms with Gasteiger partial charge in [0, 0.05) is 13.0 Å². The Labute approximate surface area is 126 Å². The van der Waals surface area contributed by atoms with E-state index in [0.717, 1.165) is 6.42 Å². The van der Waals surface area contributed by atoms with E-state index < -0.39 is 11.9 Å². The van der Waals surface area contributed by atoms with Crippen LogP contribution in [0.25, 0.3) is 0 Å². The molecular weight excluding hydrogens is 274 g/mol. The molecule has 0 aromatic rings. The summed E-state index contributed by atoms with van der Waals surface area (Å²) >= 11 is 0. The van der Waals surface area contributed by atoms with Crippen molar-refractivity contribution in [2.45, 2.75) is 40.0 Å². The monoisotopic (exact) mass is 301 g/mol. The van der Waals surface area contributed by atoms with Crippen LogP contribution >= 0.6 is 0 Å². The molecule has 0 saturated heterocycles. The molecule has 3 N–H and O–H groups in total. The molecule has 0 aliphatic carbocycles. The zero-order chi connectivity index (χ0) is 16.1. The number of esters is 1. The van der Waals surface area contributed by atoms with Gasteiger partial charge in [-0.2, -0.15) is 0 Å². The predicted molar refractivity (Wildman–Crippen MR) is 79.7 cm³/mol. The summed E-state index contributed by atoms with van der Waals surface area (Å²) in [6, 6.07) is -0.478. The molecule has 0 bridgehead atoms. The Morgan fingerprint density at radius 3 is 2.48 bits per heavy atom. The number of carbonyl (C=O) groups excluding carboxylic acids is 3. The number of carbonyl (C=O) groups is 3. The molecule has 0 heterocycles. The molecule has 0 aliphatic rings. The lowest BCUT2D eigenvalue weighted by atomic mass is 10.1. The van der Waals surface area contributed by atoms with E-state index >= 15 is 0 Å². The Bertz CT molecular complexity index is 332. The van der Waals surface area contributed by atoms with E-state index in [-0.39, 0.29) is 12.5 Å². The van der Waals surface area contributed by atoms with Gasteiger partial charge in [0.25, 0.3) is 0 Å². The minimum atomic E-state index is -0.478. The number of hydrogen-bond acceptors (Lipinski definition) is 5. The van der Waals surface area contributed by atoms with Crippen molar-refractivity contribution in [2.75, 3.05) is 26.2 Å². The molecule has 0 radical (unpaired) electrons. The highest BCUT2D eigenvalue weighted by Gasteiger charge is 2.07. The highest BCUT2D eigenvalue weighted by atomic mass is 16.5. The molecule has 0 aliphatic heterocycles. The lowest BCUT2D eigenvalue weighted by Gasteiger charge is -2.08. The summed E-state index contributed by atoms with van der Waals surface area (Å²) < 4.78 is 4.78. The first kappa shape index (κ1) is 19.4. The van der Waals surface area contributed by atoms with Gasteiger partial charge >= 0.3 is 12.0 Å². The fraction of sp³-hybridized carbons (Fsp3) is 0.786. The van der Waals surface area contributed by atoms with E-state index in [1.807, 2.05) is 0 Å². The first-order valence-electron chi connectivity index (χ1n) is 7.39. The lowest BCUT2D eigenvalue weighted by Crippen LogP contribution is -2.43. The van der Waals surface area contributed by atoms with Crippen molar-refractivity contribution in [1.82, 2.24) is 16.0 Å². The normalized spacial score (nSPS) is 10.3. The summed E-state index contributed by atoms with van der Waals surface area (Å²) in [5.41, 5.74) is 0. The van der Waals surface area contributed by atoms with Crippen LogP contribution in [0.4, 0.5) is 4.79 Å². The Hall–Kier alpha value is -1.63. The highest BCUT2D eigenvalue weighted by molar-refractivity contribution is 5.95. The van der Waals surface area contributed by atoms with Crippen LogP contribution < -0.4 is 16.0 Å². The van der Waals surface area contributed by atoms with E-state index in [1.54, 1.807) is 6.92 Å². The summed E-state index contributed by atoms with van der Waals surface area (Å²) in [6.45, 7) is 7.36. The summed E-state index contributed by atoms with van der Waals surface area (Å²) in [5, 5.41) is 7.71. The van der Waals surface area contributed by atoms with Crippen LogP contribution in [0.15, 0.2) is 0 Å². The minimum absolute atomic E-state index is 0.0421. The molecule has 0 aromatic heterocycles. The third kappa shape index (κ3) is 13.1. The topological polar surface area (TPSA) is 96.5 Å². The van der Waals surface area contributed by atoms with Crippen LogP contribution in [-0.2, 0) is 14.3 Å². The van der Waals surface area contributed by atoms with Gasteiger partial charge in [-0.25, -0.2) is 4.79 Å². The molecule has 0 unspecified atom stereocenters. The van der Waals surface area contributed by atoms with Crippen LogP contribution in [0.3, 0.4) is 0 Å². The summed E-state index contributed by atoms with van der Waals surface area (Å²) in [4.78, 5) is 33.8. The number of hydrogen-bond donors (Lipinski definition) is 3. The maximum atomic E-state index is 11.4. The fourth-order valence-corrected chi connectivity index (χ4v) is 1.48. The number of amides is 3. The molecule has 0 saturated carbocycles. The molecule has 7 nitrogen and oxygen atoms in total. The standard InChI is InChI=1S/C14H27N3O4/c1-4-21-13(19)6-5-8-15-10-12(18)17-14(20)16-9-7-11(2)3/h11,15H,4-10H2,1-3H3,(H2,16,17,18,20). The molecule has 0 spiro atoms. The first-order chi connectivity index (χ1) is 9.95. The van der Waals surface area contributed by atoms with Gasteiger partial charge in [0.05, 0.1) is 13.2 Å². The van der Waals surface area contributed by atoms with Gasteiger partial charge in [0.1, 0.15) is 0 Å². The van der Waals surface area contributed by atoms with E-state index in [2.05, 4.69) is 29.8 Å². The second-order valence-corrected chi connectivity index (χ2v) is 5.07. The lowest BCUT2D eigenvalue weighted by molar-refractivity contribution is -0.143. The molecular formula is C14H27N3O4. The molecule has 7 heteroatoms. The quantitative estimate of drug-likeness (QED) is 0.409. The minimum Gasteiger partial charge on any atom is -0.466 e. The summed E-state index contributed by atoms with van der Waals surface area (Å²) in [6.07, 6.45) is 1.78. The second-order valence-electron chi connectivity index (χ2n) is 5.07. The van der Waals surface area contributed by atoms with Crippen molar-refractivity contribution in [3.63, 3.8) is 0 Å². The van der Waals surface area contributed by atoms with Gasteiger partial charge < -0.3 is 15.4 Å². The van der Waals surface area contributed by atoms with Gasteiger partial charge in [-0.3, -0.25) is 14.9 Å². The largest absolute Gasteiger partial charge is 0.466 e. The molecule has 21 heavy (non-hydrogen) atoms. The SMILES string of the molecule is CCOC(=O)CCCNCC(=O)NC(=O)NCCC(C)C. The average Bonchev–Trinajstić information content (AvgIpc) is 2.38. The molecule has 0 aromatic carbocycles. The Kier molecular flexibility index (Phi) is 11.2. The van der Waals surface area contributed by atoms with Crippen LogP contribution in [0, 0.1) is 5.92 Å². The van der Waals surface area contributed by atoms with Crippen LogP contribution in [0.1, 0.15) is 40.0 Å². The van der Waals surface area contributed by atoms with E-state index in [4.69, 9.17) is 4.74 Å². The van der Waals surface area contributed by atoms with Gasteiger partial charge in [-0.05, 0) is 32.2 Å².